The second-order valence-electron chi connectivity index (χ2n) is 1.13. The number of hydrogen-bond donors (Lipinski definition) is 0. The van der Waals surface area contributed by atoms with Crippen molar-refractivity contribution in [3.05, 3.63) is 11.6 Å². The van der Waals surface area contributed by atoms with Crippen molar-refractivity contribution in [2.75, 3.05) is 0 Å². The van der Waals surface area contributed by atoms with Crippen molar-refractivity contribution >= 4 is 35.1 Å². The SMILES string of the molecule is S=S1(=S)C=CN=C1. The van der Waals surface area contributed by atoms with E-state index in [2.05, 4.69) is 4.99 Å². The van der Waals surface area contributed by atoms with Gasteiger partial charge in [0.15, 0.2) is 0 Å². The molecule has 0 radical (unpaired) electrons. The van der Waals surface area contributed by atoms with Gasteiger partial charge in [0.25, 0.3) is 0 Å². The van der Waals surface area contributed by atoms with Crippen LogP contribution in [0.25, 0.3) is 0 Å². The second kappa shape index (κ2) is 1.61. The molecule has 1 nitrogen and oxygen atoms in total. The van der Waals surface area contributed by atoms with Gasteiger partial charge < -0.3 is 0 Å². The normalized spacial score (nSPS) is 23.4. The summed E-state index contributed by atoms with van der Waals surface area (Å²) in [6.07, 6.45) is 1.66. The molecule has 1 heterocycles. The molecule has 0 unspecified atom stereocenters. The molecule has 1 aliphatic heterocycles. The first-order valence-corrected chi connectivity index (χ1v) is 5.26. The molecule has 0 atom stereocenters. The van der Waals surface area contributed by atoms with Crippen molar-refractivity contribution < 1.29 is 0 Å². The van der Waals surface area contributed by atoms with Crippen LogP contribution in [-0.2, 0) is 29.5 Å². The summed E-state index contributed by atoms with van der Waals surface area (Å²) < 4.78 is 0. The van der Waals surface area contributed by atoms with Gasteiger partial charge in [-0.1, -0.05) is 0 Å². The number of aliphatic imine (C=N–C) groups is 1. The lowest BCUT2D eigenvalue weighted by Crippen LogP contribution is -1.83. The predicted molar refractivity (Wildman–Crippen MR) is 39.7 cm³/mol. The summed E-state index contributed by atoms with van der Waals surface area (Å²) in [6, 6.07) is 0. The number of rotatable bonds is 0. The minimum atomic E-state index is -1.35. The zero-order valence-electron chi connectivity index (χ0n) is 3.40. The van der Waals surface area contributed by atoms with Crippen molar-refractivity contribution in [3.63, 3.8) is 0 Å². The smallest absolute Gasteiger partial charge is 0.0718 e. The van der Waals surface area contributed by atoms with Gasteiger partial charge in [0.1, 0.15) is 0 Å². The Kier molecular flexibility index (Phi) is 1.23. The van der Waals surface area contributed by atoms with E-state index in [0.29, 0.717) is 0 Å². The Bertz CT molecular complexity index is 190. The number of nitrogens with zero attached hydrogens (tertiary/aromatic N) is 1. The predicted octanol–water partition coefficient (Wildman–Crippen LogP) is 0.577. The van der Waals surface area contributed by atoms with Crippen LogP contribution in [0.2, 0.25) is 0 Å². The van der Waals surface area contributed by atoms with Crippen LogP contribution in [0.3, 0.4) is 0 Å². The van der Waals surface area contributed by atoms with E-state index in [4.69, 9.17) is 22.4 Å². The summed E-state index contributed by atoms with van der Waals surface area (Å²) in [5.74, 6) is 0. The fourth-order valence-electron chi connectivity index (χ4n) is 0.275. The van der Waals surface area contributed by atoms with Crippen LogP contribution >= 0.6 is 0 Å². The highest BCUT2D eigenvalue weighted by Gasteiger charge is 1.92. The minimum absolute atomic E-state index is 1.35. The Balaban J connectivity index is 3.25. The molecule has 0 aromatic rings. The largest absolute Gasteiger partial charge is 0.256 e. The molecule has 0 saturated heterocycles. The summed E-state index contributed by atoms with van der Waals surface area (Å²) in [5, 5.41) is 1.79. The molecule has 7 heavy (non-hydrogen) atoms. The fraction of sp³-hybridized carbons (Fsp3) is 0. The van der Waals surface area contributed by atoms with Gasteiger partial charge in [-0.3, -0.25) is 4.99 Å². The lowest BCUT2D eigenvalue weighted by molar-refractivity contribution is 1.65. The summed E-state index contributed by atoms with van der Waals surface area (Å²) in [6.45, 7) is 0. The lowest BCUT2D eigenvalue weighted by atomic mass is 11.1. The van der Waals surface area contributed by atoms with Gasteiger partial charge in [-0.15, -0.1) is 0 Å². The molecule has 38 valence electrons. The quantitative estimate of drug-likeness (QED) is 0.499. The van der Waals surface area contributed by atoms with Crippen LogP contribution in [0.5, 0.6) is 0 Å². The molecule has 0 fully saturated rings. The highest BCUT2D eigenvalue weighted by molar-refractivity contribution is 8.64. The standard InChI is InChI=1S/C3H3NS3/c5-7(6)2-1-4-3-7/h1-3H. The molecule has 0 aromatic heterocycles. The molecule has 0 spiro atoms. The lowest BCUT2D eigenvalue weighted by Gasteiger charge is -1.80. The maximum absolute atomic E-state index is 4.87. The maximum Gasteiger partial charge on any atom is 0.0718 e. The molecule has 0 aliphatic carbocycles. The van der Waals surface area contributed by atoms with Crippen LogP contribution in [0.15, 0.2) is 16.6 Å². The zero-order chi connectivity index (χ0) is 5.33. The molecule has 1 aliphatic rings. The Morgan fingerprint density at radius 2 is 2.14 bits per heavy atom. The van der Waals surface area contributed by atoms with Gasteiger partial charge in [-0.2, -0.15) is 0 Å². The first-order valence-electron chi connectivity index (χ1n) is 1.65. The average molecular weight is 149 g/mol. The fourth-order valence-corrected chi connectivity index (χ4v) is 1.42. The molecule has 0 bridgehead atoms. The van der Waals surface area contributed by atoms with E-state index >= 15 is 0 Å². The summed E-state index contributed by atoms with van der Waals surface area (Å²) in [5.41, 5.74) is 1.65. The second-order valence-corrected chi connectivity index (χ2v) is 6.73. The summed E-state index contributed by atoms with van der Waals surface area (Å²) in [4.78, 5) is 3.76. The molecule has 0 saturated carbocycles. The van der Waals surface area contributed by atoms with E-state index in [1.165, 1.54) is 0 Å². The first kappa shape index (κ1) is 5.34. The van der Waals surface area contributed by atoms with Gasteiger partial charge in [-0.25, -0.2) is 0 Å². The minimum Gasteiger partial charge on any atom is -0.256 e. The zero-order valence-corrected chi connectivity index (χ0v) is 5.85. The van der Waals surface area contributed by atoms with E-state index in [1.807, 2.05) is 0 Å². The molecular formula is C3H3NS3. The van der Waals surface area contributed by atoms with E-state index in [1.54, 1.807) is 17.2 Å². The van der Waals surface area contributed by atoms with Crippen LogP contribution in [0.4, 0.5) is 0 Å². The highest BCUT2D eigenvalue weighted by atomic mass is 33.1. The van der Waals surface area contributed by atoms with Crippen molar-refractivity contribution in [1.29, 1.82) is 0 Å². The third-order valence-electron chi connectivity index (χ3n) is 0.544. The Morgan fingerprint density at radius 1 is 1.43 bits per heavy atom. The van der Waals surface area contributed by atoms with Crippen molar-refractivity contribution in [1.82, 2.24) is 0 Å². The molecule has 4 heteroatoms. The van der Waals surface area contributed by atoms with E-state index in [-0.39, 0.29) is 0 Å². The topological polar surface area (TPSA) is 12.4 Å². The monoisotopic (exact) mass is 149 g/mol. The van der Waals surface area contributed by atoms with E-state index < -0.39 is 7.15 Å². The summed E-state index contributed by atoms with van der Waals surface area (Å²) >= 11 is 9.74. The van der Waals surface area contributed by atoms with Crippen molar-refractivity contribution in [3.8, 4) is 0 Å². The van der Waals surface area contributed by atoms with Gasteiger partial charge in [0, 0.05) is 11.6 Å². The van der Waals surface area contributed by atoms with Gasteiger partial charge in [0.05, 0.1) is 5.55 Å². The van der Waals surface area contributed by atoms with Crippen LogP contribution in [0, 0.1) is 0 Å². The Morgan fingerprint density at radius 3 is 2.29 bits per heavy atom. The van der Waals surface area contributed by atoms with Gasteiger partial charge in [0.2, 0.25) is 0 Å². The molecular weight excluding hydrogens is 146 g/mol. The third-order valence-corrected chi connectivity index (χ3v) is 2.64. The summed E-state index contributed by atoms with van der Waals surface area (Å²) in [7, 11) is -1.35. The molecule has 0 N–H and O–H groups in total. The number of hydrogen-bond acceptors (Lipinski definition) is 3. The highest BCUT2D eigenvalue weighted by Crippen LogP contribution is 1.97. The van der Waals surface area contributed by atoms with E-state index in [9.17, 15) is 0 Å². The molecule has 1 rings (SSSR count). The first-order chi connectivity index (χ1) is 3.21. The Labute approximate surface area is 51.9 Å². The van der Waals surface area contributed by atoms with Crippen LogP contribution < -0.4 is 0 Å². The van der Waals surface area contributed by atoms with Gasteiger partial charge in [-0.05, 0) is 29.5 Å². The third kappa shape index (κ3) is 1.29. The van der Waals surface area contributed by atoms with Crippen LogP contribution in [0.1, 0.15) is 0 Å². The van der Waals surface area contributed by atoms with E-state index in [0.717, 1.165) is 0 Å². The van der Waals surface area contributed by atoms with Gasteiger partial charge >= 0.3 is 0 Å². The van der Waals surface area contributed by atoms with Crippen molar-refractivity contribution in [2.24, 2.45) is 4.99 Å². The average Bonchev–Trinajstić information content (AvgIpc) is 1.84. The molecule has 0 aromatic carbocycles. The maximum atomic E-state index is 4.87. The van der Waals surface area contributed by atoms with Crippen molar-refractivity contribution in [2.45, 2.75) is 0 Å². The molecule has 0 amide bonds. The Hall–Kier alpha value is 0.200. The van der Waals surface area contributed by atoms with Crippen LogP contribution in [-0.4, -0.2) is 5.55 Å².